The van der Waals surface area contributed by atoms with Crippen molar-refractivity contribution >= 4 is 59.0 Å². The van der Waals surface area contributed by atoms with Gasteiger partial charge in [0.2, 0.25) is 0 Å². The summed E-state index contributed by atoms with van der Waals surface area (Å²) in [6.45, 7) is 8.86. The Balaban J connectivity index is 0.00000422. The molecule has 0 aliphatic carbocycles. The molecule has 0 fully saturated rings. The number of benzene rings is 3. The maximum Gasteiger partial charge on any atom is 1.00 e. The van der Waals surface area contributed by atoms with E-state index in [9.17, 15) is 48.8 Å². The van der Waals surface area contributed by atoms with Gasteiger partial charge in [-0.15, -0.1) is 6.07 Å². The molecule has 19 heteroatoms. The van der Waals surface area contributed by atoms with Crippen molar-refractivity contribution in [3.8, 4) is 0 Å². The first-order valence-electron chi connectivity index (χ1n) is 19.2. The molecule has 14 nitrogen and oxygen atoms in total. The minimum absolute atomic E-state index is 0. The fraction of sp³-hybridized carbons (Fsp3) is 0.349. The molecule has 3 heterocycles. The summed E-state index contributed by atoms with van der Waals surface area (Å²) >= 11 is 0. The third-order valence-electron chi connectivity index (χ3n) is 11.2. The number of ether oxygens (including phenoxy) is 1. The number of carbonyl (C=O) groups is 1. The molecule has 3 aromatic carbocycles. The summed E-state index contributed by atoms with van der Waals surface area (Å²) in [5.74, 6) is -1.36. The summed E-state index contributed by atoms with van der Waals surface area (Å²) in [4.78, 5) is 13.3. The summed E-state index contributed by atoms with van der Waals surface area (Å²) < 4.78 is 109. The zero-order chi connectivity index (χ0) is 43.8. The van der Waals surface area contributed by atoms with E-state index in [2.05, 4.69) is 24.5 Å². The normalized spacial score (nSPS) is 18.2. The molecule has 3 N–H and O–H groups in total. The zero-order valence-corrected chi connectivity index (χ0v) is 42.0. The van der Waals surface area contributed by atoms with Crippen LogP contribution in [0.25, 0.3) is 5.57 Å². The van der Waals surface area contributed by atoms with Gasteiger partial charge in [0.15, 0.2) is 5.71 Å². The van der Waals surface area contributed by atoms with Crippen molar-refractivity contribution in [2.24, 2.45) is 0 Å². The van der Waals surface area contributed by atoms with Crippen molar-refractivity contribution in [1.29, 1.82) is 0 Å². The van der Waals surface area contributed by atoms with Crippen molar-refractivity contribution in [3.05, 3.63) is 130 Å². The van der Waals surface area contributed by atoms with Gasteiger partial charge in [-0.1, -0.05) is 51.5 Å². The second-order valence-corrected chi connectivity index (χ2v) is 20.5. The molecule has 62 heavy (non-hydrogen) atoms. The van der Waals surface area contributed by atoms with Gasteiger partial charge in [0.1, 0.15) is 34.7 Å². The number of allylic oxidation sites excluding steroid dienone is 5. The Kier molecular flexibility index (Phi) is 16.8. The first-order valence-corrected chi connectivity index (χ1v) is 23.9. The number of aromatic carboxylic acids is 1. The van der Waals surface area contributed by atoms with E-state index in [-0.39, 0.29) is 94.8 Å². The van der Waals surface area contributed by atoms with Crippen LogP contribution >= 0.6 is 0 Å². The van der Waals surface area contributed by atoms with Crippen LogP contribution in [-0.2, 0) is 45.9 Å². The number of fused-ring (bicyclic) bond motifs is 2. The molecule has 0 atom stereocenters. The van der Waals surface area contributed by atoms with Crippen molar-refractivity contribution in [2.75, 3.05) is 36.1 Å². The van der Waals surface area contributed by atoms with Crippen LogP contribution < -0.4 is 64.0 Å². The third kappa shape index (κ3) is 11.7. The van der Waals surface area contributed by atoms with E-state index in [0.717, 1.165) is 28.2 Å². The Morgan fingerprint density at radius 2 is 1.50 bits per heavy atom. The fourth-order valence-electron chi connectivity index (χ4n) is 8.12. The average molecular weight is 926 g/mol. The van der Waals surface area contributed by atoms with Crippen molar-refractivity contribution in [2.45, 2.75) is 69.1 Å². The van der Waals surface area contributed by atoms with Crippen LogP contribution in [0.4, 0.5) is 11.4 Å². The van der Waals surface area contributed by atoms with Gasteiger partial charge < -0.3 is 19.3 Å². The van der Waals surface area contributed by atoms with Crippen LogP contribution in [0.2, 0.25) is 0 Å². The Morgan fingerprint density at radius 1 is 0.855 bits per heavy atom. The number of anilines is 1. The van der Waals surface area contributed by atoms with E-state index in [4.69, 9.17) is 4.74 Å². The van der Waals surface area contributed by atoms with Gasteiger partial charge in [-0.3, -0.25) is 9.11 Å². The average Bonchev–Trinajstić information content (AvgIpc) is 3.73. The van der Waals surface area contributed by atoms with Gasteiger partial charge in [0, 0.05) is 52.4 Å². The van der Waals surface area contributed by atoms with Gasteiger partial charge in [-0.25, -0.2) is 17.8 Å². The largest absolute Gasteiger partial charge is 1.00 e. The molecular formula is C43H47N2Na2O12S3+. The first-order chi connectivity index (χ1) is 28.0. The Morgan fingerprint density at radius 3 is 2.11 bits per heavy atom. The molecule has 6 rings (SSSR count). The second-order valence-electron chi connectivity index (χ2n) is 16.0. The summed E-state index contributed by atoms with van der Waals surface area (Å²) in [5, 5.41) is 9.63. The topological polar surface area (TPSA) is 219 Å². The predicted octanol–water partition coefficient (Wildman–Crippen LogP) is 0.415. The van der Waals surface area contributed by atoms with E-state index in [1.807, 2.05) is 61.3 Å². The van der Waals surface area contributed by atoms with E-state index in [1.165, 1.54) is 24.3 Å². The van der Waals surface area contributed by atoms with Crippen LogP contribution in [0.5, 0.6) is 0 Å². The van der Waals surface area contributed by atoms with Gasteiger partial charge >= 0.3 is 65.1 Å². The van der Waals surface area contributed by atoms with E-state index in [1.54, 1.807) is 18.2 Å². The van der Waals surface area contributed by atoms with Crippen LogP contribution in [0.3, 0.4) is 0 Å². The maximum absolute atomic E-state index is 12.0. The standard InChI is InChI=1S/C43H48N2O12S3.2Na/c1-42(2)33-11-5-6-12-35(33)44(23-7-9-25-58(48,49)50)39(42)22-20-37-40(29-13-15-30(16-14-29)41(46)47)31(28-57-37)17-21-38-43(3,4)34-27-32(60(54,55)56)18-19-36(34)45(38)24-8-10-26-59(51,52)53;;/h6,11-22,27H,7-10,23-26,28H2,1-4H3,(H,46,47)(H,48,49,50)(H,51,52,53)(H,54,55,56);;/q;2*+1/p-1. The van der Waals surface area contributed by atoms with Crippen molar-refractivity contribution in [1.82, 2.24) is 0 Å². The molecule has 0 bridgehead atoms. The fourth-order valence-corrected chi connectivity index (χ4v) is 9.76. The Hall–Kier alpha value is -2.91. The monoisotopic (exact) mass is 925 g/mol. The predicted molar refractivity (Wildman–Crippen MR) is 226 cm³/mol. The minimum atomic E-state index is -4.77. The molecule has 320 valence electrons. The van der Waals surface area contributed by atoms with Gasteiger partial charge in [-0.2, -0.15) is 35.0 Å². The van der Waals surface area contributed by atoms with Crippen molar-refractivity contribution in [3.63, 3.8) is 0 Å². The number of hydrogen-bond donors (Lipinski definition) is 3. The van der Waals surface area contributed by atoms with Gasteiger partial charge in [-0.05, 0) is 72.9 Å². The smallest absolute Gasteiger partial charge is 0.744 e. The SMILES string of the molecule is CC1(C)C(/C=C/C2=C(c3ccc(C(=O)O)cc3)C(=C/C=C3/N(CCCCS(=O)(=O)O)c4ccc(S(=O)(=O)[O-])cc4C3(C)C)/CO2)=[N+](CCCCS(=O)(=O)O)c2cc[c-]cc21.[Na+].[Na+]. The summed E-state index contributed by atoms with van der Waals surface area (Å²) in [6, 6.07) is 19.4. The van der Waals surface area contributed by atoms with Crippen LogP contribution in [0, 0.1) is 6.07 Å². The molecule has 0 aromatic heterocycles. The maximum atomic E-state index is 12.0. The summed E-state index contributed by atoms with van der Waals surface area (Å²) in [6.07, 6.45) is 8.83. The Labute approximate surface area is 408 Å². The number of carboxylic acid groups (broad SMARTS) is 1. The van der Waals surface area contributed by atoms with Crippen LogP contribution in [-0.4, -0.2) is 91.5 Å². The number of unbranched alkanes of at least 4 members (excludes halogenated alkanes) is 2. The van der Waals surface area contributed by atoms with E-state index < -0.39 is 52.9 Å². The van der Waals surface area contributed by atoms with Crippen LogP contribution in [0.1, 0.15) is 80.4 Å². The third-order valence-corrected chi connectivity index (χ3v) is 13.6. The van der Waals surface area contributed by atoms with E-state index in [0.29, 0.717) is 54.1 Å². The molecule has 0 radical (unpaired) electrons. The number of hydrogen-bond acceptors (Lipinski definition) is 10. The summed E-state index contributed by atoms with van der Waals surface area (Å²) in [7, 11) is -13.1. The molecule has 0 amide bonds. The second kappa shape index (κ2) is 20.1. The van der Waals surface area contributed by atoms with Crippen molar-refractivity contribution < 1.29 is 117 Å². The molecule has 0 saturated heterocycles. The van der Waals surface area contributed by atoms with E-state index >= 15 is 0 Å². The number of carboxylic acids is 1. The van der Waals surface area contributed by atoms with Gasteiger partial charge in [0.25, 0.3) is 20.2 Å². The zero-order valence-electron chi connectivity index (χ0n) is 35.6. The molecule has 0 saturated carbocycles. The quantitative estimate of drug-likeness (QED) is 0.0584. The summed E-state index contributed by atoms with van der Waals surface area (Å²) in [5.41, 5.74) is 5.74. The first kappa shape index (κ1) is 51.7. The molecule has 0 unspecified atom stereocenters. The molecule has 3 aliphatic rings. The number of rotatable bonds is 16. The van der Waals surface area contributed by atoms with Gasteiger partial charge in [0.05, 0.1) is 22.0 Å². The minimum Gasteiger partial charge on any atom is -0.744 e. The van der Waals surface area contributed by atoms with Crippen LogP contribution in [0.15, 0.2) is 107 Å². The Bertz CT molecular complexity index is 2720. The molecule has 3 aromatic rings. The molecule has 0 spiro atoms. The molecular weight excluding hydrogens is 879 g/mol. The molecule has 3 aliphatic heterocycles. The number of nitrogens with zero attached hydrogens (tertiary/aromatic N) is 2.